The summed E-state index contributed by atoms with van der Waals surface area (Å²) < 4.78 is 6.12. The number of halogens is 2. The van der Waals surface area contributed by atoms with Crippen molar-refractivity contribution in [2.24, 2.45) is 0 Å². The van der Waals surface area contributed by atoms with Crippen molar-refractivity contribution in [3.05, 3.63) is 28.0 Å². The van der Waals surface area contributed by atoms with Crippen LogP contribution in [0.2, 0.25) is 0 Å². The molecule has 0 aliphatic rings. The number of hydrogen-bond donors (Lipinski definition) is 0. The lowest BCUT2D eigenvalue weighted by molar-refractivity contribution is 0.434. The highest BCUT2D eigenvalue weighted by atomic mass is 127. The number of rotatable bonds is 2. The topological polar surface area (TPSA) is 22.1 Å². The Morgan fingerprint density at radius 1 is 1.64 bits per heavy atom. The Morgan fingerprint density at radius 2 is 2.43 bits per heavy atom. The van der Waals surface area contributed by atoms with Crippen molar-refractivity contribution in [2.75, 3.05) is 6.61 Å². The molecule has 1 aromatic rings. The van der Waals surface area contributed by atoms with Gasteiger partial charge in [0.2, 0.25) is 0 Å². The summed E-state index contributed by atoms with van der Waals surface area (Å²) in [4.78, 5) is 4.29. The van der Waals surface area contributed by atoms with Gasteiger partial charge in [-0.1, -0.05) is 5.92 Å². The first-order valence-electron chi connectivity index (χ1n) is 3.83. The van der Waals surface area contributed by atoms with Crippen LogP contribution in [0.1, 0.15) is 11.4 Å². The van der Waals surface area contributed by atoms with Gasteiger partial charge in [0.1, 0.15) is 12.3 Å². The molecule has 74 valence electrons. The van der Waals surface area contributed by atoms with E-state index in [1.807, 2.05) is 19.1 Å². The van der Waals surface area contributed by atoms with Crippen molar-refractivity contribution in [3.63, 3.8) is 0 Å². The van der Waals surface area contributed by atoms with Gasteiger partial charge in [-0.05, 0) is 62.9 Å². The number of nitrogens with zero attached hydrogens (tertiary/aromatic N) is 1. The molecule has 1 unspecified atom stereocenters. The molecule has 0 radical (unpaired) electrons. The molecule has 1 atom stereocenters. The molecule has 0 saturated heterocycles. The maximum Gasteiger partial charge on any atom is 0.113 e. The highest BCUT2D eigenvalue weighted by Gasteiger charge is 1.95. The van der Waals surface area contributed by atoms with Crippen LogP contribution in [0, 0.1) is 18.8 Å². The van der Waals surface area contributed by atoms with Crippen molar-refractivity contribution >= 4 is 44.4 Å². The lowest BCUT2D eigenvalue weighted by atomic mass is 10.3. The first-order valence-corrected chi connectivity index (χ1v) is 8.65. The molecular weight excluding hydrogens is 376 g/mol. The summed E-state index contributed by atoms with van der Waals surface area (Å²) in [5, 5.41) is 0. The molecular formula is C9H8BrINOP. The molecule has 0 fully saturated rings. The third-order valence-electron chi connectivity index (χ3n) is 1.44. The molecule has 14 heavy (non-hydrogen) atoms. The Kier molecular flexibility index (Phi) is 5.95. The van der Waals surface area contributed by atoms with Crippen LogP contribution in [0.5, 0.6) is 0 Å². The van der Waals surface area contributed by atoms with Crippen molar-refractivity contribution in [1.82, 2.24) is 4.98 Å². The second kappa shape index (κ2) is 6.73. The number of hydrogen-bond acceptors (Lipinski definition) is 2. The van der Waals surface area contributed by atoms with Crippen molar-refractivity contribution in [2.45, 2.75) is 6.92 Å². The molecule has 0 aliphatic carbocycles. The van der Waals surface area contributed by atoms with Crippen LogP contribution in [0.3, 0.4) is 0 Å². The van der Waals surface area contributed by atoms with E-state index in [9.17, 15) is 0 Å². The molecule has 1 rings (SSSR count). The summed E-state index contributed by atoms with van der Waals surface area (Å²) >= 11 is 5.55. The van der Waals surface area contributed by atoms with Crippen LogP contribution in [-0.2, 0) is 4.52 Å². The lowest BCUT2D eigenvalue weighted by Gasteiger charge is -1.96. The van der Waals surface area contributed by atoms with Crippen LogP contribution in [-0.4, -0.2) is 11.6 Å². The van der Waals surface area contributed by atoms with Crippen LogP contribution >= 0.6 is 44.4 Å². The minimum Gasteiger partial charge on any atom is -0.339 e. The van der Waals surface area contributed by atoms with Gasteiger partial charge in [0, 0.05) is 4.47 Å². The molecule has 2 nitrogen and oxygen atoms in total. The zero-order chi connectivity index (χ0) is 10.4. The summed E-state index contributed by atoms with van der Waals surface area (Å²) in [6, 6.07) is 3.84. The van der Waals surface area contributed by atoms with Crippen LogP contribution < -0.4 is 0 Å². The molecule has 0 aromatic carbocycles. The molecule has 0 aliphatic heterocycles. The molecule has 0 bridgehead atoms. The van der Waals surface area contributed by atoms with E-state index < -0.39 is 0 Å². The normalized spacial score (nSPS) is 10.2. The molecule has 0 saturated carbocycles. The van der Waals surface area contributed by atoms with E-state index in [1.165, 1.54) is 0 Å². The average molecular weight is 384 g/mol. The van der Waals surface area contributed by atoms with E-state index in [-0.39, 0.29) is 0 Å². The van der Waals surface area contributed by atoms with Crippen molar-refractivity contribution in [3.8, 4) is 11.8 Å². The standard InChI is InChI=1S/C9H8BrINOP/c1-7-9(10)5-4-8(12-7)3-2-6-13-14-11/h4-5,14H,6H2,1H3. The average Bonchev–Trinajstić information content (AvgIpc) is 2.18. The summed E-state index contributed by atoms with van der Waals surface area (Å²) in [5.74, 6) is 5.84. The predicted octanol–water partition coefficient (Wildman–Crippen LogP) is 3.46. The van der Waals surface area contributed by atoms with E-state index in [1.54, 1.807) is 0 Å². The summed E-state index contributed by atoms with van der Waals surface area (Å²) in [7, 11) is 0. The fourth-order valence-electron chi connectivity index (χ4n) is 0.804. The van der Waals surface area contributed by atoms with Gasteiger partial charge in [-0.15, -0.1) is 0 Å². The van der Waals surface area contributed by atoms with Gasteiger partial charge < -0.3 is 4.52 Å². The fourth-order valence-corrected chi connectivity index (χ4v) is 1.62. The van der Waals surface area contributed by atoms with E-state index in [4.69, 9.17) is 4.52 Å². The molecule has 0 N–H and O–H groups in total. The zero-order valence-corrected chi connectivity index (χ0v) is 12.2. The summed E-state index contributed by atoms with van der Waals surface area (Å²) in [5.41, 5.74) is 1.74. The summed E-state index contributed by atoms with van der Waals surface area (Å²) in [6.45, 7) is 2.87. The maximum absolute atomic E-state index is 5.11. The second-order valence-electron chi connectivity index (χ2n) is 2.43. The first-order chi connectivity index (χ1) is 6.74. The van der Waals surface area contributed by atoms with Gasteiger partial charge in [-0.25, -0.2) is 4.98 Å². The van der Waals surface area contributed by atoms with E-state index in [0.29, 0.717) is 13.1 Å². The van der Waals surface area contributed by atoms with Gasteiger partial charge in [0.25, 0.3) is 0 Å². The van der Waals surface area contributed by atoms with Crippen molar-refractivity contribution < 1.29 is 4.52 Å². The third-order valence-corrected chi connectivity index (χ3v) is 3.46. The van der Waals surface area contributed by atoms with Gasteiger partial charge in [-0.3, -0.25) is 0 Å². The van der Waals surface area contributed by atoms with Gasteiger partial charge in [0.05, 0.1) is 12.1 Å². The Hall–Kier alpha value is 0.310. The van der Waals surface area contributed by atoms with E-state index in [2.05, 4.69) is 54.8 Å². The van der Waals surface area contributed by atoms with Crippen LogP contribution in [0.15, 0.2) is 16.6 Å². The third kappa shape index (κ3) is 4.22. The largest absolute Gasteiger partial charge is 0.339 e. The Morgan fingerprint density at radius 3 is 3.07 bits per heavy atom. The maximum atomic E-state index is 5.11. The minimum atomic E-state index is 0.461. The fraction of sp³-hybridized carbons (Fsp3) is 0.222. The smallest absolute Gasteiger partial charge is 0.113 e. The van der Waals surface area contributed by atoms with E-state index in [0.717, 1.165) is 15.9 Å². The lowest BCUT2D eigenvalue weighted by Crippen LogP contribution is -1.87. The Balaban J connectivity index is 2.66. The SMILES string of the molecule is Cc1nc(C#CCOPI)ccc1Br. The highest BCUT2D eigenvalue weighted by Crippen LogP contribution is 2.20. The molecule has 1 aromatic heterocycles. The minimum absolute atomic E-state index is 0.461. The highest BCUT2D eigenvalue weighted by molar-refractivity contribution is 14.2. The molecule has 5 heteroatoms. The van der Waals surface area contributed by atoms with Crippen molar-refractivity contribution in [1.29, 1.82) is 0 Å². The quantitative estimate of drug-likeness (QED) is 0.337. The van der Waals surface area contributed by atoms with Gasteiger partial charge in [-0.2, -0.15) is 0 Å². The monoisotopic (exact) mass is 383 g/mol. The van der Waals surface area contributed by atoms with Gasteiger partial charge in [0.15, 0.2) is 0 Å². The van der Waals surface area contributed by atoms with E-state index >= 15 is 0 Å². The molecule has 0 amide bonds. The van der Waals surface area contributed by atoms with Crippen LogP contribution in [0.25, 0.3) is 0 Å². The Bertz CT molecular complexity index is 375. The predicted molar refractivity (Wildman–Crippen MR) is 71.8 cm³/mol. The number of aromatic nitrogens is 1. The first kappa shape index (κ1) is 12.4. The zero-order valence-electron chi connectivity index (χ0n) is 7.47. The molecule has 0 spiro atoms. The van der Waals surface area contributed by atoms with Crippen LogP contribution in [0.4, 0.5) is 0 Å². The number of pyridine rings is 1. The summed E-state index contributed by atoms with van der Waals surface area (Å²) in [6.07, 6.45) is 0. The molecule has 1 heterocycles. The Labute approximate surface area is 107 Å². The number of aryl methyl sites for hydroxylation is 1. The second-order valence-corrected chi connectivity index (χ2v) is 5.05. The van der Waals surface area contributed by atoms with Gasteiger partial charge >= 0.3 is 0 Å².